The van der Waals surface area contributed by atoms with E-state index in [1.807, 2.05) is 49.4 Å². The standard InChI is InChI=1S/C26H32N4O2S/c1-18(28-29-26(27)33)21(16-30-14-8-3-9-15-30)24(19-10-4-2-5-11-19)22-17-32-23-13-7-6-12-20(23)25(22)31/h2,4-7,10-13,21,24,31H,3,8-9,14-17H2,1H3,(H3,27,29,33)/b28-18-/t21-,24+/m0/s1. The molecule has 0 amide bonds. The summed E-state index contributed by atoms with van der Waals surface area (Å²) in [6, 6.07) is 17.9. The van der Waals surface area contributed by atoms with Gasteiger partial charge >= 0.3 is 0 Å². The zero-order chi connectivity index (χ0) is 23.2. The smallest absolute Gasteiger partial charge is 0.184 e. The highest BCUT2D eigenvalue weighted by Crippen LogP contribution is 2.41. The highest BCUT2D eigenvalue weighted by atomic mass is 32.1. The number of rotatable bonds is 7. The first-order valence-electron chi connectivity index (χ1n) is 11.6. The van der Waals surface area contributed by atoms with Gasteiger partial charge in [-0.25, -0.2) is 0 Å². The molecule has 0 saturated carbocycles. The van der Waals surface area contributed by atoms with E-state index in [2.05, 4.69) is 27.6 Å². The quantitative estimate of drug-likeness (QED) is 0.319. The van der Waals surface area contributed by atoms with E-state index in [1.54, 1.807) is 0 Å². The lowest BCUT2D eigenvalue weighted by molar-refractivity contribution is 0.204. The molecule has 7 heteroatoms. The van der Waals surface area contributed by atoms with Crippen molar-refractivity contribution in [2.75, 3.05) is 26.2 Å². The second kappa shape index (κ2) is 10.8. The number of aliphatic hydroxyl groups excluding tert-OH is 1. The van der Waals surface area contributed by atoms with Crippen LogP contribution in [0.3, 0.4) is 0 Å². The molecule has 2 aliphatic heterocycles. The summed E-state index contributed by atoms with van der Waals surface area (Å²) in [7, 11) is 0. The van der Waals surface area contributed by atoms with Gasteiger partial charge in [-0.1, -0.05) is 48.9 Å². The Morgan fingerprint density at radius 1 is 1.12 bits per heavy atom. The number of nitrogens with zero attached hydrogens (tertiary/aromatic N) is 2. The fourth-order valence-corrected chi connectivity index (χ4v) is 4.93. The molecule has 2 atom stereocenters. The van der Waals surface area contributed by atoms with E-state index >= 15 is 0 Å². The van der Waals surface area contributed by atoms with Crippen molar-refractivity contribution in [2.24, 2.45) is 16.8 Å². The molecule has 0 aliphatic carbocycles. The molecule has 4 rings (SSSR count). The van der Waals surface area contributed by atoms with Crippen LogP contribution >= 0.6 is 12.2 Å². The molecular weight excluding hydrogens is 432 g/mol. The zero-order valence-corrected chi connectivity index (χ0v) is 19.9. The van der Waals surface area contributed by atoms with E-state index in [4.69, 9.17) is 22.7 Å². The molecule has 2 aromatic rings. The van der Waals surface area contributed by atoms with Gasteiger partial charge in [0.2, 0.25) is 0 Å². The van der Waals surface area contributed by atoms with E-state index in [-0.39, 0.29) is 16.9 Å². The van der Waals surface area contributed by atoms with Crippen LogP contribution in [-0.2, 0) is 0 Å². The number of para-hydroxylation sites is 1. The summed E-state index contributed by atoms with van der Waals surface area (Å²) in [6.45, 7) is 5.29. The zero-order valence-electron chi connectivity index (χ0n) is 19.0. The van der Waals surface area contributed by atoms with Crippen LogP contribution in [0.25, 0.3) is 5.76 Å². The number of ether oxygens (including phenoxy) is 1. The van der Waals surface area contributed by atoms with E-state index in [9.17, 15) is 5.11 Å². The minimum atomic E-state index is -0.113. The third-order valence-electron chi connectivity index (χ3n) is 6.55. The molecule has 0 bridgehead atoms. The van der Waals surface area contributed by atoms with Crippen molar-refractivity contribution in [3.8, 4) is 5.75 Å². The van der Waals surface area contributed by atoms with Crippen molar-refractivity contribution >= 4 is 28.8 Å². The molecule has 1 saturated heterocycles. The summed E-state index contributed by atoms with van der Waals surface area (Å²) in [5.74, 6) is 0.889. The monoisotopic (exact) mass is 464 g/mol. The molecule has 0 spiro atoms. The van der Waals surface area contributed by atoms with Crippen molar-refractivity contribution in [2.45, 2.75) is 32.1 Å². The molecule has 2 heterocycles. The molecule has 0 unspecified atom stereocenters. The molecule has 174 valence electrons. The third-order valence-corrected chi connectivity index (χ3v) is 6.64. The van der Waals surface area contributed by atoms with Crippen LogP contribution in [-0.4, -0.2) is 47.1 Å². The Morgan fingerprint density at radius 2 is 1.82 bits per heavy atom. The number of nitrogens with two attached hydrogens (primary N) is 1. The highest BCUT2D eigenvalue weighted by Gasteiger charge is 2.35. The number of fused-ring (bicyclic) bond motifs is 1. The second-order valence-corrected chi connectivity index (χ2v) is 9.18. The Hall–Kier alpha value is -2.90. The van der Waals surface area contributed by atoms with E-state index in [0.717, 1.165) is 42.0 Å². The Morgan fingerprint density at radius 3 is 2.55 bits per heavy atom. The van der Waals surface area contributed by atoms with Crippen LogP contribution < -0.4 is 15.9 Å². The molecule has 4 N–H and O–H groups in total. The number of hydrogen-bond acceptors (Lipinski definition) is 5. The number of hydrazone groups is 1. The molecular formula is C26H32N4O2S. The highest BCUT2D eigenvalue weighted by molar-refractivity contribution is 7.80. The third kappa shape index (κ3) is 5.54. The first kappa shape index (κ1) is 23.3. The number of hydrogen-bond donors (Lipinski definition) is 3. The Bertz CT molecular complexity index is 1030. The Kier molecular flexibility index (Phi) is 7.62. The fourth-order valence-electron chi connectivity index (χ4n) is 4.88. The summed E-state index contributed by atoms with van der Waals surface area (Å²) in [5.41, 5.74) is 12.0. The number of nitrogens with one attached hydrogen (secondary N) is 1. The minimum absolute atomic E-state index is 0.00152. The topological polar surface area (TPSA) is 83.1 Å². The maximum atomic E-state index is 11.4. The number of aliphatic hydroxyl groups is 1. The minimum Gasteiger partial charge on any atom is -0.507 e. The van der Waals surface area contributed by atoms with Crippen LogP contribution in [0.5, 0.6) is 5.75 Å². The summed E-state index contributed by atoms with van der Waals surface area (Å²) in [5, 5.41) is 16.1. The molecule has 2 aliphatic rings. The lowest BCUT2D eigenvalue weighted by Crippen LogP contribution is -2.40. The van der Waals surface area contributed by atoms with Gasteiger partial charge in [0.05, 0.1) is 5.56 Å². The van der Waals surface area contributed by atoms with Gasteiger partial charge in [0.25, 0.3) is 0 Å². The van der Waals surface area contributed by atoms with Crippen LogP contribution in [0.2, 0.25) is 0 Å². The maximum absolute atomic E-state index is 11.4. The van der Waals surface area contributed by atoms with Crippen LogP contribution in [0.15, 0.2) is 65.3 Å². The average Bonchev–Trinajstić information content (AvgIpc) is 2.85. The lowest BCUT2D eigenvalue weighted by Gasteiger charge is -2.37. The molecule has 1 fully saturated rings. The van der Waals surface area contributed by atoms with Gasteiger partial charge < -0.3 is 20.5 Å². The van der Waals surface area contributed by atoms with Crippen LogP contribution in [0.4, 0.5) is 0 Å². The van der Waals surface area contributed by atoms with E-state index in [0.29, 0.717) is 18.1 Å². The SMILES string of the molecule is C/C(=N/NC(N)=S)[C@H](CN1CCCCC1)[C@H](C1=C(O)c2ccccc2OC1)c1ccccc1. The Balaban J connectivity index is 1.80. The first-order chi connectivity index (χ1) is 16.0. The lowest BCUT2D eigenvalue weighted by atomic mass is 9.76. The largest absolute Gasteiger partial charge is 0.507 e. The fraction of sp³-hybridized carbons (Fsp3) is 0.385. The molecule has 6 nitrogen and oxygen atoms in total. The van der Waals surface area contributed by atoms with Gasteiger partial charge in [-0.2, -0.15) is 5.10 Å². The second-order valence-electron chi connectivity index (χ2n) is 8.74. The van der Waals surface area contributed by atoms with Gasteiger partial charge in [0.15, 0.2) is 5.11 Å². The van der Waals surface area contributed by atoms with Crippen molar-refractivity contribution in [3.05, 3.63) is 71.3 Å². The van der Waals surface area contributed by atoms with Gasteiger partial charge in [0.1, 0.15) is 18.1 Å². The average molecular weight is 465 g/mol. The Labute approximate surface area is 201 Å². The number of piperidine rings is 1. The van der Waals surface area contributed by atoms with Crippen molar-refractivity contribution in [3.63, 3.8) is 0 Å². The summed E-state index contributed by atoms with van der Waals surface area (Å²) in [4.78, 5) is 2.50. The van der Waals surface area contributed by atoms with E-state index in [1.165, 1.54) is 19.3 Å². The summed E-state index contributed by atoms with van der Waals surface area (Å²) < 4.78 is 6.10. The number of likely N-dealkylation sites (tertiary alicyclic amines) is 1. The van der Waals surface area contributed by atoms with Gasteiger partial charge in [-0.15, -0.1) is 0 Å². The summed E-state index contributed by atoms with van der Waals surface area (Å²) in [6.07, 6.45) is 3.68. The normalized spacial score (nSPS) is 18.8. The van der Waals surface area contributed by atoms with Crippen LogP contribution in [0.1, 0.15) is 43.2 Å². The predicted octanol–water partition coefficient (Wildman–Crippen LogP) is 4.44. The predicted molar refractivity (Wildman–Crippen MR) is 137 cm³/mol. The van der Waals surface area contributed by atoms with Crippen LogP contribution in [0, 0.1) is 5.92 Å². The van der Waals surface area contributed by atoms with Gasteiger partial charge in [-0.3, -0.25) is 5.43 Å². The molecule has 33 heavy (non-hydrogen) atoms. The number of thiocarbonyl (C=S) groups is 1. The number of benzene rings is 2. The summed E-state index contributed by atoms with van der Waals surface area (Å²) >= 11 is 4.99. The molecule has 0 aromatic heterocycles. The van der Waals surface area contributed by atoms with Crippen molar-refractivity contribution in [1.29, 1.82) is 0 Å². The van der Waals surface area contributed by atoms with Gasteiger partial charge in [-0.05, 0) is 62.8 Å². The van der Waals surface area contributed by atoms with Crippen molar-refractivity contribution < 1.29 is 9.84 Å². The maximum Gasteiger partial charge on any atom is 0.184 e. The molecule has 2 aromatic carbocycles. The van der Waals surface area contributed by atoms with E-state index < -0.39 is 0 Å². The molecule has 0 radical (unpaired) electrons. The first-order valence-corrected chi connectivity index (χ1v) is 12.0. The van der Waals surface area contributed by atoms with Crippen molar-refractivity contribution in [1.82, 2.24) is 10.3 Å². The van der Waals surface area contributed by atoms with Gasteiger partial charge in [0, 0.05) is 29.7 Å².